The Kier molecular flexibility index (Phi) is 4.11. The first kappa shape index (κ1) is 13.9. The predicted molar refractivity (Wildman–Crippen MR) is 66.5 cm³/mol. The number of aliphatic hydroxyl groups excluding tert-OH is 1. The van der Waals surface area contributed by atoms with E-state index < -0.39 is 25.0 Å². The zero-order valence-corrected chi connectivity index (χ0v) is 11.0. The van der Waals surface area contributed by atoms with E-state index in [1.54, 1.807) is 9.78 Å². The molecule has 2 rings (SSSR count). The lowest BCUT2D eigenvalue weighted by Crippen LogP contribution is -2.36. The van der Waals surface area contributed by atoms with Crippen molar-refractivity contribution < 1.29 is 18.7 Å². The van der Waals surface area contributed by atoms with Crippen LogP contribution in [0.4, 0.5) is 8.78 Å². The Hall–Kier alpha value is -1.54. The van der Waals surface area contributed by atoms with Gasteiger partial charge in [0.15, 0.2) is 4.96 Å². The van der Waals surface area contributed by atoms with E-state index in [0.717, 1.165) is 16.3 Å². The molecule has 2 aromatic heterocycles. The van der Waals surface area contributed by atoms with Gasteiger partial charge in [0.05, 0.1) is 12.1 Å². The zero-order chi connectivity index (χ0) is 14.0. The minimum atomic E-state index is -2.86. The van der Waals surface area contributed by atoms with Gasteiger partial charge in [-0.3, -0.25) is 9.20 Å². The van der Waals surface area contributed by atoms with Crippen LogP contribution < -0.4 is 5.32 Å². The number of rotatable bonds is 5. The van der Waals surface area contributed by atoms with Gasteiger partial charge in [-0.25, -0.2) is 13.8 Å². The third-order valence-electron chi connectivity index (χ3n) is 2.54. The zero-order valence-electron chi connectivity index (χ0n) is 10.1. The summed E-state index contributed by atoms with van der Waals surface area (Å²) in [6.45, 7) is 1.40. The molecule has 1 unspecified atom stereocenters. The highest BCUT2D eigenvalue weighted by Crippen LogP contribution is 2.16. The molecular weight excluding hydrogens is 276 g/mol. The molecule has 0 aliphatic carbocycles. The van der Waals surface area contributed by atoms with E-state index in [9.17, 15) is 13.6 Å². The Labute approximate surface area is 111 Å². The molecule has 0 saturated heterocycles. The molecule has 0 radical (unpaired) electrons. The molecule has 0 fully saturated rings. The normalized spacial score (nSPS) is 13.1. The summed E-state index contributed by atoms with van der Waals surface area (Å²) in [6.07, 6.45) is -2.82. The molecule has 0 spiro atoms. The number of hydrogen-bond donors (Lipinski definition) is 2. The van der Waals surface area contributed by atoms with E-state index in [4.69, 9.17) is 5.11 Å². The number of aliphatic hydroxyl groups is 1. The van der Waals surface area contributed by atoms with Gasteiger partial charge in [0.25, 0.3) is 6.43 Å². The summed E-state index contributed by atoms with van der Waals surface area (Å²) < 4.78 is 25.9. The summed E-state index contributed by atoms with van der Waals surface area (Å²) in [5.41, 5.74) is 1.59. The monoisotopic (exact) mass is 289 g/mol. The van der Waals surface area contributed by atoms with Crippen molar-refractivity contribution in [2.24, 2.45) is 0 Å². The summed E-state index contributed by atoms with van der Waals surface area (Å²) in [7, 11) is 0. The fraction of sp³-hybridized carbons (Fsp3) is 0.455. The van der Waals surface area contributed by atoms with Gasteiger partial charge in [0, 0.05) is 23.8 Å². The Bertz CT molecular complexity index is 582. The lowest BCUT2D eigenvalue weighted by atomic mass is 10.3. The van der Waals surface area contributed by atoms with E-state index in [2.05, 4.69) is 10.3 Å². The minimum absolute atomic E-state index is 0.0613. The van der Waals surface area contributed by atoms with Crippen LogP contribution in [0.3, 0.4) is 0 Å². The van der Waals surface area contributed by atoms with E-state index >= 15 is 0 Å². The quantitative estimate of drug-likeness (QED) is 0.862. The highest BCUT2D eigenvalue weighted by Gasteiger charge is 2.18. The number of aromatic nitrogens is 2. The predicted octanol–water partition coefficient (Wildman–Crippen LogP) is 0.989. The molecule has 104 valence electrons. The Morgan fingerprint density at radius 1 is 1.63 bits per heavy atom. The highest BCUT2D eigenvalue weighted by molar-refractivity contribution is 7.15. The van der Waals surface area contributed by atoms with E-state index in [1.165, 1.54) is 11.3 Å². The van der Waals surface area contributed by atoms with Gasteiger partial charge in [0.1, 0.15) is 6.10 Å². The third kappa shape index (κ3) is 3.27. The van der Waals surface area contributed by atoms with Crippen molar-refractivity contribution in [3.05, 3.63) is 23.0 Å². The summed E-state index contributed by atoms with van der Waals surface area (Å²) in [5, 5.41) is 13.0. The van der Waals surface area contributed by atoms with Crippen LogP contribution in [0.5, 0.6) is 0 Å². The van der Waals surface area contributed by atoms with Gasteiger partial charge in [0.2, 0.25) is 5.91 Å². The smallest absolute Gasteiger partial charge is 0.265 e. The first-order valence-electron chi connectivity index (χ1n) is 5.62. The molecule has 1 amide bonds. The van der Waals surface area contributed by atoms with Crippen LogP contribution in [0.2, 0.25) is 0 Å². The second-order valence-electron chi connectivity index (χ2n) is 4.14. The molecule has 0 aromatic carbocycles. The highest BCUT2D eigenvalue weighted by atomic mass is 32.1. The number of aryl methyl sites for hydroxylation is 1. The number of hydrogen-bond acceptors (Lipinski definition) is 4. The number of carbonyl (C=O) groups excluding carboxylic acids is 1. The van der Waals surface area contributed by atoms with Crippen LogP contribution in [0.15, 0.2) is 11.6 Å². The largest absolute Gasteiger partial charge is 0.385 e. The van der Waals surface area contributed by atoms with Gasteiger partial charge in [-0.2, -0.15) is 0 Å². The Balaban J connectivity index is 1.95. The maximum absolute atomic E-state index is 12.1. The Morgan fingerprint density at radius 3 is 3.05 bits per heavy atom. The molecule has 0 aliphatic heterocycles. The van der Waals surface area contributed by atoms with Crippen LogP contribution in [-0.4, -0.2) is 39.5 Å². The number of nitrogens with one attached hydrogen (secondary N) is 1. The molecule has 0 aliphatic rings. The molecule has 0 bridgehead atoms. The van der Waals surface area contributed by atoms with Crippen molar-refractivity contribution in [1.82, 2.24) is 14.7 Å². The second kappa shape index (κ2) is 5.62. The number of imidazole rings is 1. The number of alkyl halides is 2. The molecule has 0 saturated carbocycles. The van der Waals surface area contributed by atoms with Crippen molar-refractivity contribution in [2.75, 3.05) is 6.54 Å². The van der Waals surface area contributed by atoms with Crippen molar-refractivity contribution in [3.63, 3.8) is 0 Å². The second-order valence-corrected chi connectivity index (χ2v) is 4.98. The Morgan fingerprint density at radius 2 is 2.37 bits per heavy atom. The number of halogens is 2. The number of nitrogens with zero attached hydrogens (tertiary/aromatic N) is 2. The molecule has 2 heterocycles. The van der Waals surface area contributed by atoms with Crippen LogP contribution in [0.1, 0.15) is 11.4 Å². The van der Waals surface area contributed by atoms with Crippen molar-refractivity contribution in [1.29, 1.82) is 0 Å². The van der Waals surface area contributed by atoms with Crippen molar-refractivity contribution in [3.8, 4) is 0 Å². The molecule has 8 heteroatoms. The topological polar surface area (TPSA) is 66.6 Å². The SMILES string of the molecule is Cc1cn2c(CC(=O)NCC(O)C(F)F)csc2n1. The summed E-state index contributed by atoms with van der Waals surface area (Å²) in [6, 6.07) is 0. The van der Waals surface area contributed by atoms with Crippen LogP contribution in [0.25, 0.3) is 4.96 Å². The lowest BCUT2D eigenvalue weighted by Gasteiger charge is -2.10. The molecule has 5 nitrogen and oxygen atoms in total. The average Bonchev–Trinajstić information content (AvgIpc) is 2.87. The molecule has 19 heavy (non-hydrogen) atoms. The van der Waals surface area contributed by atoms with Gasteiger partial charge in [-0.15, -0.1) is 11.3 Å². The summed E-state index contributed by atoms with van der Waals surface area (Å²) in [4.78, 5) is 16.6. The lowest BCUT2D eigenvalue weighted by molar-refractivity contribution is -0.121. The first-order valence-corrected chi connectivity index (χ1v) is 6.50. The standard InChI is InChI=1S/C11H13F2N3O2S/c1-6-4-16-7(5-19-11(16)15-6)2-9(18)14-3-8(17)10(12)13/h4-5,8,10,17H,2-3H2,1H3,(H,14,18). The third-order valence-corrected chi connectivity index (χ3v) is 3.43. The van der Waals surface area contributed by atoms with E-state index in [1.807, 2.05) is 13.1 Å². The van der Waals surface area contributed by atoms with Gasteiger partial charge in [-0.1, -0.05) is 0 Å². The van der Waals surface area contributed by atoms with Crippen LogP contribution >= 0.6 is 11.3 Å². The van der Waals surface area contributed by atoms with Crippen molar-refractivity contribution in [2.45, 2.75) is 25.9 Å². The molecular formula is C11H13F2N3O2S. The van der Waals surface area contributed by atoms with E-state index in [0.29, 0.717) is 0 Å². The molecule has 2 N–H and O–H groups in total. The van der Waals surface area contributed by atoms with Gasteiger partial charge >= 0.3 is 0 Å². The maximum atomic E-state index is 12.1. The van der Waals surface area contributed by atoms with E-state index in [-0.39, 0.29) is 6.42 Å². The van der Waals surface area contributed by atoms with Crippen LogP contribution in [-0.2, 0) is 11.2 Å². The maximum Gasteiger partial charge on any atom is 0.265 e. The average molecular weight is 289 g/mol. The number of amides is 1. The van der Waals surface area contributed by atoms with Crippen molar-refractivity contribution >= 4 is 22.2 Å². The minimum Gasteiger partial charge on any atom is -0.385 e. The van der Waals surface area contributed by atoms with Gasteiger partial charge < -0.3 is 10.4 Å². The number of fused-ring (bicyclic) bond motifs is 1. The molecule has 2 aromatic rings. The number of thiazole rings is 1. The number of carbonyl (C=O) groups is 1. The summed E-state index contributed by atoms with van der Waals surface area (Å²) in [5.74, 6) is -0.411. The van der Waals surface area contributed by atoms with Gasteiger partial charge in [-0.05, 0) is 6.92 Å². The summed E-state index contributed by atoms with van der Waals surface area (Å²) >= 11 is 1.41. The fourth-order valence-corrected chi connectivity index (χ4v) is 2.52. The first-order chi connectivity index (χ1) is 8.97. The fourth-order valence-electron chi connectivity index (χ4n) is 1.60. The molecule has 1 atom stereocenters. The van der Waals surface area contributed by atoms with Crippen LogP contribution in [0, 0.1) is 6.92 Å².